The van der Waals surface area contributed by atoms with Gasteiger partial charge < -0.3 is 14.7 Å². The van der Waals surface area contributed by atoms with Gasteiger partial charge in [0.15, 0.2) is 0 Å². The van der Waals surface area contributed by atoms with Gasteiger partial charge in [0.1, 0.15) is 0 Å². The Morgan fingerprint density at radius 3 is 1.12 bits per heavy atom. The minimum Gasteiger partial charge on any atom is -0.328 e. The highest BCUT2D eigenvalue weighted by Gasteiger charge is 1.76. The monoisotopic (exact) mass is 140 g/mol. The second-order valence-electron chi connectivity index (χ2n) is 1.27. The molecule has 0 spiro atoms. The maximum Gasteiger partial charge on any atom is 0.324 e. The Kier molecular flexibility index (Phi) is 14.4. The van der Waals surface area contributed by atoms with Crippen LogP contribution in [0.1, 0.15) is 26.7 Å². The zero-order valence-electron chi connectivity index (χ0n) is 5.20. The summed E-state index contributed by atoms with van der Waals surface area (Å²) in [6.45, 7) is 4.36. The first-order chi connectivity index (χ1) is 3.65. The van der Waals surface area contributed by atoms with Crippen LogP contribution in [0.5, 0.6) is 0 Å². The summed E-state index contributed by atoms with van der Waals surface area (Å²) in [5.41, 5.74) is 0. The quantitative estimate of drug-likeness (QED) is 0.476. The van der Waals surface area contributed by atoms with E-state index in [1.54, 1.807) is 0 Å². The van der Waals surface area contributed by atoms with Crippen LogP contribution >= 0.6 is 8.60 Å². The second-order valence-corrected chi connectivity index (χ2v) is 1.80. The van der Waals surface area contributed by atoms with E-state index in [0.717, 1.165) is 0 Å². The van der Waals surface area contributed by atoms with Crippen LogP contribution in [0.15, 0.2) is 0 Å². The van der Waals surface area contributed by atoms with Crippen LogP contribution in [0.2, 0.25) is 0 Å². The highest BCUT2D eigenvalue weighted by molar-refractivity contribution is 7.38. The van der Waals surface area contributed by atoms with Gasteiger partial charge in [-0.3, -0.25) is 0 Å². The van der Waals surface area contributed by atoms with E-state index in [-0.39, 0.29) is 0 Å². The number of hydrogen-bond donors (Lipinski definition) is 3. The lowest BCUT2D eigenvalue weighted by Crippen LogP contribution is -1.54. The molecule has 0 amide bonds. The molecule has 8 heavy (non-hydrogen) atoms. The van der Waals surface area contributed by atoms with E-state index in [1.807, 2.05) is 0 Å². The Hall–Kier alpha value is 0.310. The predicted octanol–water partition coefficient (Wildman–Crippen LogP) is 0.997. The van der Waals surface area contributed by atoms with Crippen molar-refractivity contribution in [1.29, 1.82) is 0 Å². The minimum absolute atomic E-state index is 1.32. The Labute approximate surface area is 51.0 Å². The molecule has 0 heterocycles. The topological polar surface area (TPSA) is 60.7 Å². The minimum atomic E-state index is -2.62. The molecule has 0 aromatic heterocycles. The van der Waals surface area contributed by atoms with Gasteiger partial charge >= 0.3 is 8.60 Å². The Morgan fingerprint density at radius 1 is 1.00 bits per heavy atom. The number of unbranched alkanes of at least 4 members (excludes halogenated alkanes) is 1. The lowest BCUT2D eigenvalue weighted by Gasteiger charge is -1.76. The van der Waals surface area contributed by atoms with Crippen LogP contribution in [0.4, 0.5) is 0 Å². The zero-order chi connectivity index (χ0) is 6.99. The van der Waals surface area contributed by atoms with Gasteiger partial charge in [0.05, 0.1) is 0 Å². The molecular formula is C4H13O3P. The highest BCUT2D eigenvalue weighted by atomic mass is 31.2. The summed E-state index contributed by atoms with van der Waals surface area (Å²) in [7, 11) is -2.62. The van der Waals surface area contributed by atoms with Crippen molar-refractivity contribution in [2.75, 3.05) is 0 Å². The largest absolute Gasteiger partial charge is 0.328 e. The molecular weight excluding hydrogens is 127 g/mol. The Morgan fingerprint density at radius 2 is 1.12 bits per heavy atom. The number of hydrogen-bond acceptors (Lipinski definition) is 3. The van der Waals surface area contributed by atoms with Crippen molar-refractivity contribution in [1.82, 2.24) is 0 Å². The van der Waals surface area contributed by atoms with Crippen LogP contribution in [0.25, 0.3) is 0 Å². The Bertz CT molecular complexity index is 27.7. The van der Waals surface area contributed by atoms with E-state index < -0.39 is 8.60 Å². The molecule has 0 rings (SSSR count). The summed E-state index contributed by atoms with van der Waals surface area (Å²) in [4.78, 5) is 21.7. The van der Waals surface area contributed by atoms with E-state index >= 15 is 0 Å². The first kappa shape index (κ1) is 11.2. The molecule has 0 aliphatic heterocycles. The molecule has 0 aliphatic carbocycles. The standard InChI is InChI=1S/C4H10.H3O3P/c1-3-4-2;1-4(2)3/h3-4H2,1-2H3;1-3H. The first-order valence-corrected chi connectivity index (χ1v) is 3.71. The van der Waals surface area contributed by atoms with Crippen molar-refractivity contribution in [2.45, 2.75) is 26.7 Å². The van der Waals surface area contributed by atoms with Gasteiger partial charge in [-0.1, -0.05) is 26.7 Å². The van der Waals surface area contributed by atoms with Crippen LogP contribution in [-0.4, -0.2) is 14.7 Å². The maximum atomic E-state index is 7.23. The highest BCUT2D eigenvalue weighted by Crippen LogP contribution is 2.11. The Balaban J connectivity index is 0. The molecule has 0 aromatic rings. The summed E-state index contributed by atoms with van der Waals surface area (Å²) in [5.74, 6) is 0. The molecule has 0 bridgehead atoms. The summed E-state index contributed by atoms with van der Waals surface area (Å²) < 4.78 is 0. The second kappa shape index (κ2) is 10.3. The normalized spacial score (nSPS) is 8.25. The molecule has 0 fully saturated rings. The fourth-order valence-corrected chi connectivity index (χ4v) is 0. The summed E-state index contributed by atoms with van der Waals surface area (Å²) >= 11 is 0. The molecule has 0 aliphatic rings. The molecule has 52 valence electrons. The molecule has 0 unspecified atom stereocenters. The number of rotatable bonds is 1. The van der Waals surface area contributed by atoms with Gasteiger partial charge in [0.25, 0.3) is 0 Å². The summed E-state index contributed by atoms with van der Waals surface area (Å²) in [6.07, 6.45) is 2.64. The van der Waals surface area contributed by atoms with E-state index in [9.17, 15) is 0 Å². The molecule has 0 saturated heterocycles. The maximum absolute atomic E-state index is 7.23. The molecule has 4 heteroatoms. The lowest BCUT2D eigenvalue weighted by molar-refractivity contribution is 0.368. The van der Waals surface area contributed by atoms with Crippen LogP contribution < -0.4 is 0 Å². The summed E-state index contributed by atoms with van der Waals surface area (Å²) in [5, 5.41) is 0. The smallest absolute Gasteiger partial charge is 0.324 e. The fourth-order valence-electron chi connectivity index (χ4n) is 0. The van der Waals surface area contributed by atoms with Crippen molar-refractivity contribution in [2.24, 2.45) is 0 Å². The van der Waals surface area contributed by atoms with E-state index in [2.05, 4.69) is 13.8 Å². The van der Waals surface area contributed by atoms with E-state index in [4.69, 9.17) is 14.7 Å². The van der Waals surface area contributed by atoms with Crippen LogP contribution in [-0.2, 0) is 0 Å². The van der Waals surface area contributed by atoms with E-state index in [1.165, 1.54) is 12.8 Å². The third-order valence-electron chi connectivity index (χ3n) is 0.500. The average Bonchev–Trinajstić information content (AvgIpc) is 1.65. The van der Waals surface area contributed by atoms with Crippen molar-refractivity contribution in [3.63, 3.8) is 0 Å². The molecule has 0 aromatic carbocycles. The van der Waals surface area contributed by atoms with Gasteiger partial charge in [0.2, 0.25) is 0 Å². The van der Waals surface area contributed by atoms with Gasteiger partial charge in [0, 0.05) is 0 Å². The average molecular weight is 140 g/mol. The van der Waals surface area contributed by atoms with Gasteiger partial charge in [-0.2, -0.15) is 0 Å². The van der Waals surface area contributed by atoms with E-state index in [0.29, 0.717) is 0 Å². The molecule has 0 atom stereocenters. The molecule has 3 nitrogen and oxygen atoms in total. The van der Waals surface area contributed by atoms with Crippen molar-refractivity contribution in [3.05, 3.63) is 0 Å². The molecule has 3 N–H and O–H groups in total. The SMILES string of the molecule is CCCC.OP(O)O. The van der Waals surface area contributed by atoms with Crippen molar-refractivity contribution >= 4 is 8.60 Å². The van der Waals surface area contributed by atoms with Gasteiger partial charge in [-0.15, -0.1) is 0 Å². The van der Waals surface area contributed by atoms with Gasteiger partial charge in [-0.05, 0) is 0 Å². The van der Waals surface area contributed by atoms with Crippen molar-refractivity contribution < 1.29 is 14.7 Å². The first-order valence-electron chi connectivity index (χ1n) is 2.51. The third kappa shape index (κ3) is 104. The summed E-state index contributed by atoms with van der Waals surface area (Å²) in [6, 6.07) is 0. The zero-order valence-corrected chi connectivity index (χ0v) is 6.10. The van der Waals surface area contributed by atoms with Crippen LogP contribution in [0.3, 0.4) is 0 Å². The van der Waals surface area contributed by atoms with Gasteiger partial charge in [-0.25, -0.2) is 0 Å². The van der Waals surface area contributed by atoms with Crippen molar-refractivity contribution in [3.8, 4) is 0 Å². The van der Waals surface area contributed by atoms with Crippen LogP contribution in [0, 0.1) is 0 Å². The predicted molar refractivity (Wildman–Crippen MR) is 34.2 cm³/mol. The molecule has 0 radical (unpaired) electrons. The molecule has 0 saturated carbocycles. The lowest BCUT2D eigenvalue weighted by atomic mass is 10.4. The fraction of sp³-hybridized carbons (Fsp3) is 1.00. The third-order valence-corrected chi connectivity index (χ3v) is 0.500.